The summed E-state index contributed by atoms with van der Waals surface area (Å²) >= 11 is 5.80. The maximum Gasteiger partial charge on any atom is 0.199 e. The quantitative estimate of drug-likeness (QED) is 0.799. The van der Waals surface area contributed by atoms with E-state index in [2.05, 4.69) is 0 Å². The summed E-state index contributed by atoms with van der Waals surface area (Å²) in [6.07, 6.45) is 0. The maximum atomic E-state index is 13.6. The Morgan fingerprint density at radius 2 is 1.84 bits per heavy atom. The molecule has 98 valence electrons. The van der Waals surface area contributed by atoms with E-state index in [0.717, 1.165) is 18.2 Å². The average Bonchev–Trinajstić information content (AvgIpc) is 2.40. The fourth-order valence-electron chi connectivity index (χ4n) is 1.67. The highest BCUT2D eigenvalue weighted by atomic mass is 35.5. The molecule has 0 saturated carbocycles. The molecule has 2 nitrogen and oxygen atoms in total. The Labute approximate surface area is 113 Å². The van der Waals surface area contributed by atoms with E-state index in [4.69, 9.17) is 16.3 Å². The van der Waals surface area contributed by atoms with Gasteiger partial charge in [0.15, 0.2) is 5.78 Å². The van der Waals surface area contributed by atoms with Crippen molar-refractivity contribution in [1.82, 2.24) is 0 Å². The van der Waals surface area contributed by atoms with E-state index in [9.17, 15) is 13.6 Å². The number of ether oxygens (including phenoxy) is 1. The zero-order chi connectivity index (χ0) is 14.0. The first-order valence-electron chi connectivity index (χ1n) is 5.36. The minimum atomic E-state index is -0.798. The largest absolute Gasteiger partial charge is 0.496 e. The molecule has 0 aliphatic heterocycles. The Balaban J connectivity index is 2.55. The van der Waals surface area contributed by atoms with Crippen LogP contribution < -0.4 is 4.74 Å². The SMILES string of the molecule is COc1ccc(Cl)cc1C(=O)c1cc(F)ccc1F. The molecule has 0 unspecified atom stereocenters. The molecule has 0 spiro atoms. The lowest BCUT2D eigenvalue weighted by Gasteiger charge is -2.08. The molecule has 0 aliphatic carbocycles. The average molecular weight is 283 g/mol. The highest BCUT2D eigenvalue weighted by Crippen LogP contribution is 2.26. The Kier molecular flexibility index (Phi) is 3.81. The lowest BCUT2D eigenvalue weighted by atomic mass is 10.0. The first-order chi connectivity index (χ1) is 9.02. The molecule has 0 amide bonds. The fourth-order valence-corrected chi connectivity index (χ4v) is 1.85. The van der Waals surface area contributed by atoms with E-state index in [1.54, 1.807) is 6.07 Å². The number of rotatable bonds is 3. The van der Waals surface area contributed by atoms with Crippen molar-refractivity contribution in [2.24, 2.45) is 0 Å². The van der Waals surface area contributed by atoms with Gasteiger partial charge in [0.25, 0.3) is 0 Å². The third-order valence-corrected chi connectivity index (χ3v) is 2.81. The van der Waals surface area contributed by atoms with E-state index in [1.807, 2.05) is 0 Å². The minimum Gasteiger partial charge on any atom is -0.496 e. The van der Waals surface area contributed by atoms with Crippen LogP contribution in [0.1, 0.15) is 15.9 Å². The van der Waals surface area contributed by atoms with Crippen LogP contribution in [0.3, 0.4) is 0 Å². The lowest BCUT2D eigenvalue weighted by Crippen LogP contribution is -2.07. The summed E-state index contributed by atoms with van der Waals surface area (Å²) < 4.78 is 31.7. The van der Waals surface area contributed by atoms with Crippen molar-refractivity contribution >= 4 is 17.4 Å². The topological polar surface area (TPSA) is 26.3 Å². The third-order valence-electron chi connectivity index (χ3n) is 2.58. The minimum absolute atomic E-state index is 0.0829. The van der Waals surface area contributed by atoms with E-state index in [1.165, 1.54) is 19.2 Å². The second-order valence-corrected chi connectivity index (χ2v) is 4.23. The Morgan fingerprint density at radius 1 is 1.11 bits per heavy atom. The summed E-state index contributed by atoms with van der Waals surface area (Å²) in [4.78, 5) is 12.2. The second kappa shape index (κ2) is 5.36. The molecule has 19 heavy (non-hydrogen) atoms. The van der Waals surface area contributed by atoms with Crippen molar-refractivity contribution in [3.05, 3.63) is 64.2 Å². The van der Waals surface area contributed by atoms with Crippen molar-refractivity contribution in [1.29, 1.82) is 0 Å². The molecule has 0 aromatic heterocycles. The van der Waals surface area contributed by atoms with Crippen LogP contribution in [0, 0.1) is 11.6 Å². The number of ketones is 1. The van der Waals surface area contributed by atoms with Gasteiger partial charge in [0.2, 0.25) is 0 Å². The predicted molar refractivity (Wildman–Crippen MR) is 67.8 cm³/mol. The number of hydrogen-bond acceptors (Lipinski definition) is 2. The number of benzene rings is 2. The highest BCUT2D eigenvalue weighted by Gasteiger charge is 2.19. The van der Waals surface area contributed by atoms with Gasteiger partial charge in [-0.2, -0.15) is 0 Å². The molecular weight excluding hydrogens is 274 g/mol. The van der Waals surface area contributed by atoms with Gasteiger partial charge in [-0.25, -0.2) is 8.78 Å². The number of carbonyl (C=O) groups is 1. The molecule has 0 heterocycles. The molecule has 0 saturated heterocycles. The molecule has 2 aromatic rings. The van der Waals surface area contributed by atoms with Gasteiger partial charge in [-0.15, -0.1) is 0 Å². The second-order valence-electron chi connectivity index (χ2n) is 3.80. The van der Waals surface area contributed by atoms with Gasteiger partial charge in [-0.3, -0.25) is 4.79 Å². The van der Waals surface area contributed by atoms with Crippen molar-refractivity contribution in [3.8, 4) is 5.75 Å². The van der Waals surface area contributed by atoms with E-state index < -0.39 is 17.4 Å². The zero-order valence-electron chi connectivity index (χ0n) is 9.91. The smallest absolute Gasteiger partial charge is 0.199 e. The molecule has 0 bridgehead atoms. The predicted octanol–water partition coefficient (Wildman–Crippen LogP) is 3.86. The van der Waals surface area contributed by atoms with E-state index in [-0.39, 0.29) is 16.9 Å². The summed E-state index contributed by atoms with van der Waals surface area (Å²) in [7, 11) is 1.38. The molecule has 2 aromatic carbocycles. The van der Waals surface area contributed by atoms with Crippen LogP contribution in [-0.4, -0.2) is 12.9 Å². The van der Waals surface area contributed by atoms with Crippen LogP contribution in [-0.2, 0) is 0 Å². The van der Waals surface area contributed by atoms with Gasteiger partial charge in [-0.05, 0) is 36.4 Å². The first-order valence-corrected chi connectivity index (χ1v) is 5.74. The van der Waals surface area contributed by atoms with Crippen LogP contribution in [0.15, 0.2) is 36.4 Å². The maximum absolute atomic E-state index is 13.6. The summed E-state index contributed by atoms with van der Waals surface area (Å²) in [5.74, 6) is -1.92. The zero-order valence-corrected chi connectivity index (χ0v) is 10.7. The van der Waals surface area contributed by atoms with Crippen molar-refractivity contribution < 1.29 is 18.3 Å². The normalized spacial score (nSPS) is 10.3. The van der Waals surface area contributed by atoms with Gasteiger partial charge in [0.05, 0.1) is 18.2 Å². The number of hydrogen-bond donors (Lipinski definition) is 0. The molecule has 0 aliphatic rings. The van der Waals surface area contributed by atoms with Crippen LogP contribution in [0.5, 0.6) is 5.75 Å². The van der Waals surface area contributed by atoms with Crippen LogP contribution in [0.4, 0.5) is 8.78 Å². The van der Waals surface area contributed by atoms with Crippen LogP contribution >= 0.6 is 11.6 Å². The molecular formula is C14H9ClF2O2. The van der Waals surface area contributed by atoms with E-state index >= 15 is 0 Å². The van der Waals surface area contributed by atoms with Gasteiger partial charge in [-0.1, -0.05) is 11.6 Å². The Morgan fingerprint density at radius 3 is 2.53 bits per heavy atom. The third kappa shape index (κ3) is 2.74. The molecule has 0 fully saturated rings. The van der Waals surface area contributed by atoms with Crippen LogP contribution in [0.2, 0.25) is 5.02 Å². The number of halogens is 3. The van der Waals surface area contributed by atoms with Crippen molar-refractivity contribution in [2.45, 2.75) is 0 Å². The van der Waals surface area contributed by atoms with Gasteiger partial charge < -0.3 is 4.74 Å². The van der Waals surface area contributed by atoms with Crippen molar-refractivity contribution in [2.75, 3.05) is 7.11 Å². The molecule has 0 N–H and O–H groups in total. The van der Waals surface area contributed by atoms with Gasteiger partial charge in [0.1, 0.15) is 17.4 Å². The monoisotopic (exact) mass is 282 g/mol. The fraction of sp³-hybridized carbons (Fsp3) is 0.0714. The molecule has 5 heteroatoms. The Bertz CT molecular complexity index is 641. The van der Waals surface area contributed by atoms with E-state index in [0.29, 0.717) is 5.02 Å². The van der Waals surface area contributed by atoms with Gasteiger partial charge >= 0.3 is 0 Å². The standard InChI is InChI=1S/C14H9ClF2O2/c1-19-13-5-2-8(15)6-11(13)14(18)10-7-9(16)3-4-12(10)17/h2-7H,1H3. The number of methoxy groups -OCH3 is 1. The Hall–Kier alpha value is -1.94. The number of carbonyl (C=O) groups excluding carboxylic acids is 1. The van der Waals surface area contributed by atoms with Crippen LogP contribution in [0.25, 0.3) is 0 Å². The van der Waals surface area contributed by atoms with Crippen molar-refractivity contribution in [3.63, 3.8) is 0 Å². The summed E-state index contributed by atoms with van der Waals surface area (Å²) in [6.45, 7) is 0. The lowest BCUT2D eigenvalue weighted by molar-refractivity contribution is 0.103. The summed E-state index contributed by atoms with van der Waals surface area (Å²) in [5, 5.41) is 0.306. The molecule has 0 radical (unpaired) electrons. The molecule has 0 atom stereocenters. The first kappa shape index (κ1) is 13.5. The summed E-state index contributed by atoms with van der Waals surface area (Å²) in [5.41, 5.74) is -0.278. The molecule has 2 rings (SSSR count). The van der Waals surface area contributed by atoms with Gasteiger partial charge in [0, 0.05) is 5.02 Å². The summed E-state index contributed by atoms with van der Waals surface area (Å²) in [6, 6.07) is 7.08. The highest BCUT2D eigenvalue weighted by molar-refractivity contribution is 6.31.